The van der Waals surface area contributed by atoms with Crippen LogP contribution in [0.4, 0.5) is 4.39 Å². The number of ether oxygens (including phenoxy) is 2. The molecule has 0 bridgehead atoms. The van der Waals surface area contributed by atoms with Gasteiger partial charge in [-0.25, -0.2) is 4.39 Å². The second kappa shape index (κ2) is 9.45. The summed E-state index contributed by atoms with van der Waals surface area (Å²) in [5.41, 5.74) is 1.09. The van der Waals surface area contributed by atoms with Crippen molar-refractivity contribution in [2.75, 3.05) is 32.8 Å². The Bertz CT molecular complexity index is 853. The van der Waals surface area contributed by atoms with Gasteiger partial charge >= 0.3 is 0 Å². The van der Waals surface area contributed by atoms with Gasteiger partial charge < -0.3 is 19.5 Å². The molecule has 7 heteroatoms. The lowest BCUT2D eigenvalue weighted by Gasteiger charge is -2.42. The summed E-state index contributed by atoms with van der Waals surface area (Å²) in [5.74, 6) is 0.599. The van der Waals surface area contributed by atoms with Crippen molar-refractivity contribution in [1.29, 1.82) is 0 Å². The normalized spacial score (nSPS) is 21.0. The van der Waals surface area contributed by atoms with Crippen molar-refractivity contribution in [3.63, 3.8) is 0 Å². The summed E-state index contributed by atoms with van der Waals surface area (Å²) in [4.78, 5) is 16.7. The van der Waals surface area contributed by atoms with Crippen molar-refractivity contribution in [3.8, 4) is 11.5 Å². The summed E-state index contributed by atoms with van der Waals surface area (Å²) in [7, 11) is 0. The lowest BCUT2D eigenvalue weighted by Crippen LogP contribution is -2.55. The van der Waals surface area contributed by atoms with Gasteiger partial charge in [-0.05, 0) is 54.8 Å². The maximum absolute atomic E-state index is 13.0. The number of amides is 1. The van der Waals surface area contributed by atoms with Crippen molar-refractivity contribution in [3.05, 3.63) is 59.9 Å². The van der Waals surface area contributed by atoms with Gasteiger partial charge in [0.25, 0.3) is 0 Å². The molecule has 1 amide bonds. The smallest absolute Gasteiger partial charge is 0.248 e. The molecule has 0 saturated carbocycles. The Labute approximate surface area is 175 Å². The highest BCUT2D eigenvalue weighted by atomic mass is 19.1. The van der Waals surface area contributed by atoms with Crippen molar-refractivity contribution in [2.45, 2.75) is 31.5 Å². The molecule has 2 fully saturated rings. The number of likely N-dealkylation sites (tertiary alicyclic amines) is 1. The van der Waals surface area contributed by atoms with Gasteiger partial charge in [0.05, 0.1) is 6.54 Å². The number of piperidine rings is 1. The highest BCUT2D eigenvalue weighted by Crippen LogP contribution is 2.23. The standard InChI is InChI=1S/C23H27FN2O4/c24-18-4-6-21(7-5-18)29-15-22-14-26(23(28)16-30-22)19-8-10-25(11-9-19)13-17-2-1-3-20(27)12-17/h1-7,12,19,22,27H,8-11,13-16H2/t22-/m0/s1. The van der Waals surface area contributed by atoms with E-state index in [1.165, 1.54) is 12.1 Å². The molecule has 0 unspecified atom stereocenters. The molecule has 2 heterocycles. The van der Waals surface area contributed by atoms with Gasteiger partial charge in [-0.3, -0.25) is 9.69 Å². The molecule has 6 nitrogen and oxygen atoms in total. The predicted molar refractivity (Wildman–Crippen MR) is 110 cm³/mol. The van der Waals surface area contributed by atoms with Crippen molar-refractivity contribution < 1.29 is 23.8 Å². The van der Waals surface area contributed by atoms with Crippen LogP contribution in [0.25, 0.3) is 0 Å². The number of halogens is 1. The molecule has 0 radical (unpaired) electrons. The van der Waals surface area contributed by atoms with E-state index in [2.05, 4.69) is 4.90 Å². The fourth-order valence-corrected chi connectivity index (χ4v) is 4.12. The number of carbonyl (C=O) groups is 1. The Hall–Kier alpha value is -2.64. The Kier molecular flexibility index (Phi) is 6.50. The summed E-state index contributed by atoms with van der Waals surface area (Å²) in [5, 5.41) is 9.64. The summed E-state index contributed by atoms with van der Waals surface area (Å²) in [6.07, 6.45) is 1.63. The Balaban J connectivity index is 1.27. The van der Waals surface area contributed by atoms with Crippen LogP contribution in [0.2, 0.25) is 0 Å². The number of aromatic hydroxyl groups is 1. The molecule has 0 aromatic heterocycles. The first-order chi connectivity index (χ1) is 14.6. The molecule has 0 aliphatic carbocycles. The van der Waals surface area contributed by atoms with Gasteiger partial charge in [-0.15, -0.1) is 0 Å². The van der Waals surface area contributed by atoms with Gasteiger partial charge in [0.2, 0.25) is 5.91 Å². The van der Waals surface area contributed by atoms with Crippen molar-refractivity contribution >= 4 is 5.91 Å². The van der Waals surface area contributed by atoms with Gasteiger partial charge in [0.1, 0.15) is 36.6 Å². The average molecular weight is 414 g/mol. The van der Waals surface area contributed by atoms with E-state index in [0.717, 1.165) is 38.0 Å². The third kappa shape index (κ3) is 5.29. The topological polar surface area (TPSA) is 62.2 Å². The highest BCUT2D eigenvalue weighted by molar-refractivity contribution is 5.78. The van der Waals surface area contributed by atoms with Crippen LogP contribution in [0.15, 0.2) is 48.5 Å². The first-order valence-electron chi connectivity index (χ1n) is 10.4. The van der Waals surface area contributed by atoms with E-state index in [0.29, 0.717) is 18.9 Å². The zero-order valence-electron chi connectivity index (χ0n) is 16.9. The molecule has 2 saturated heterocycles. The number of nitrogens with zero attached hydrogens (tertiary/aromatic N) is 2. The molecule has 2 aliphatic heterocycles. The molecule has 0 spiro atoms. The number of phenolic OH excluding ortho intramolecular Hbond substituents is 1. The molecule has 30 heavy (non-hydrogen) atoms. The monoisotopic (exact) mass is 414 g/mol. The molecule has 1 N–H and O–H groups in total. The third-order valence-electron chi connectivity index (χ3n) is 5.73. The number of rotatable bonds is 6. The minimum absolute atomic E-state index is 0.0273. The molecule has 1 atom stereocenters. The van der Waals surface area contributed by atoms with E-state index in [1.54, 1.807) is 24.3 Å². The quantitative estimate of drug-likeness (QED) is 0.788. The first-order valence-corrected chi connectivity index (χ1v) is 10.4. The number of hydrogen-bond donors (Lipinski definition) is 1. The first kappa shape index (κ1) is 20.6. The van der Waals surface area contributed by atoms with E-state index in [4.69, 9.17) is 9.47 Å². The zero-order chi connectivity index (χ0) is 20.9. The second-order valence-electron chi connectivity index (χ2n) is 7.92. The lowest BCUT2D eigenvalue weighted by atomic mass is 10.0. The SMILES string of the molecule is O=C1CO[C@H](COc2ccc(F)cc2)CN1C1CCN(Cc2cccc(O)c2)CC1. The van der Waals surface area contributed by atoms with Crippen LogP contribution in [0.1, 0.15) is 18.4 Å². The second-order valence-corrected chi connectivity index (χ2v) is 7.92. The molecule has 2 aromatic carbocycles. The third-order valence-corrected chi connectivity index (χ3v) is 5.73. The van der Waals surface area contributed by atoms with E-state index in [-0.39, 0.29) is 36.2 Å². The maximum atomic E-state index is 13.0. The summed E-state index contributed by atoms with van der Waals surface area (Å²) in [6, 6.07) is 13.4. The van der Waals surface area contributed by atoms with E-state index in [1.807, 2.05) is 17.0 Å². The van der Waals surface area contributed by atoms with Crippen LogP contribution < -0.4 is 4.74 Å². The van der Waals surface area contributed by atoms with Crippen LogP contribution in [0, 0.1) is 5.82 Å². The molecular formula is C23H27FN2O4. The number of morpholine rings is 1. The molecule has 4 rings (SSSR count). The number of hydrogen-bond acceptors (Lipinski definition) is 5. The maximum Gasteiger partial charge on any atom is 0.248 e. The number of benzene rings is 2. The Morgan fingerprint density at radius 3 is 2.63 bits per heavy atom. The number of carbonyl (C=O) groups excluding carboxylic acids is 1. The summed E-state index contributed by atoms with van der Waals surface area (Å²) >= 11 is 0. The fourth-order valence-electron chi connectivity index (χ4n) is 4.12. The highest BCUT2D eigenvalue weighted by Gasteiger charge is 2.33. The van der Waals surface area contributed by atoms with Crippen molar-refractivity contribution in [2.24, 2.45) is 0 Å². The van der Waals surface area contributed by atoms with Gasteiger partial charge in [0, 0.05) is 25.7 Å². The van der Waals surface area contributed by atoms with E-state index < -0.39 is 0 Å². The van der Waals surface area contributed by atoms with Crippen LogP contribution in [-0.2, 0) is 16.1 Å². The van der Waals surface area contributed by atoms with E-state index >= 15 is 0 Å². The van der Waals surface area contributed by atoms with Gasteiger partial charge in [0.15, 0.2) is 0 Å². The van der Waals surface area contributed by atoms with E-state index in [9.17, 15) is 14.3 Å². The lowest BCUT2D eigenvalue weighted by molar-refractivity contribution is -0.155. The summed E-state index contributed by atoms with van der Waals surface area (Å²) in [6.45, 7) is 3.51. The molecule has 160 valence electrons. The fraction of sp³-hybridized carbons (Fsp3) is 0.435. The predicted octanol–water partition coefficient (Wildman–Crippen LogP) is 2.80. The Morgan fingerprint density at radius 1 is 1.13 bits per heavy atom. The summed E-state index contributed by atoms with van der Waals surface area (Å²) < 4.78 is 24.4. The van der Waals surface area contributed by atoms with Gasteiger partial charge in [-0.2, -0.15) is 0 Å². The average Bonchev–Trinajstić information content (AvgIpc) is 2.75. The zero-order valence-corrected chi connectivity index (χ0v) is 16.9. The minimum Gasteiger partial charge on any atom is -0.508 e. The van der Waals surface area contributed by atoms with Gasteiger partial charge in [-0.1, -0.05) is 12.1 Å². The Morgan fingerprint density at radius 2 is 1.90 bits per heavy atom. The molecule has 2 aliphatic rings. The molecular weight excluding hydrogens is 387 g/mol. The van der Waals surface area contributed by atoms with Crippen molar-refractivity contribution in [1.82, 2.24) is 9.80 Å². The largest absolute Gasteiger partial charge is 0.508 e. The van der Waals surface area contributed by atoms with Crippen LogP contribution in [0.3, 0.4) is 0 Å². The van der Waals surface area contributed by atoms with Crippen LogP contribution in [0.5, 0.6) is 11.5 Å². The van der Waals surface area contributed by atoms with Crippen LogP contribution in [-0.4, -0.2) is 65.8 Å². The molecule has 2 aromatic rings. The number of phenols is 1. The van der Waals surface area contributed by atoms with Crippen LogP contribution >= 0.6 is 0 Å². The minimum atomic E-state index is -0.302.